The maximum atomic E-state index is 12.7. The molecule has 27 heavy (non-hydrogen) atoms. The first kappa shape index (κ1) is 21.2. The lowest BCUT2D eigenvalue weighted by Gasteiger charge is -2.10. The van der Waals surface area contributed by atoms with Gasteiger partial charge >= 0.3 is 6.18 Å². The van der Waals surface area contributed by atoms with Crippen LogP contribution in [0.15, 0.2) is 29.3 Å². The van der Waals surface area contributed by atoms with Crippen LogP contribution in [0.1, 0.15) is 25.3 Å². The summed E-state index contributed by atoms with van der Waals surface area (Å²) in [6, 6.07) is 4.35. The number of anilines is 1. The van der Waals surface area contributed by atoms with Crippen molar-refractivity contribution in [3.8, 4) is 0 Å². The number of nitrogens with one attached hydrogen (secondary N) is 2. The van der Waals surface area contributed by atoms with Crippen molar-refractivity contribution in [3.63, 3.8) is 0 Å². The fraction of sp³-hybridized carbons (Fsp3) is 0.471. The standard InChI is InChI=1S/C17H20F3N3O3S/c1-2-26-8-4-7-21-16-23-15(25)13(27-16)10-14(24)22-12-6-3-5-11(9-12)17(18,19)20/h3,5-6,9,13H,2,4,7-8,10H2,1H3,(H,22,24)(H,21,23,25)/t13-/m1/s1. The number of thioether (sulfide) groups is 1. The number of ether oxygens (including phenoxy) is 1. The predicted molar refractivity (Wildman–Crippen MR) is 97.6 cm³/mol. The third kappa shape index (κ3) is 6.87. The normalized spacial score (nSPS) is 18.6. The number of hydrogen-bond acceptors (Lipinski definition) is 5. The minimum atomic E-state index is -4.49. The zero-order chi connectivity index (χ0) is 19.9. The van der Waals surface area contributed by atoms with Crippen LogP contribution >= 0.6 is 11.8 Å². The second-order valence-corrected chi connectivity index (χ2v) is 6.86. The Morgan fingerprint density at radius 3 is 2.89 bits per heavy atom. The summed E-state index contributed by atoms with van der Waals surface area (Å²) in [5.41, 5.74) is -0.821. The number of carbonyl (C=O) groups is 2. The first-order valence-electron chi connectivity index (χ1n) is 8.36. The third-order valence-electron chi connectivity index (χ3n) is 3.53. The lowest BCUT2D eigenvalue weighted by Crippen LogP contribution is -2.28. The SMILES string of the molecule is CCOCCCN=C1NC(=O)[C@@H](CC(=O)Nc2cccc(C(F)(F)F)c2)S1. The maximum absolute atomic E-state index is 12.7. The predicted octanol–water partition coefficient (Wildman–Crippen LogP) is 3.05. The molecule has 1 aromatic rings. The van der Waals surface area contributed by atoms with Crippen molar-refractivity contribution in [3.05, 3.63) is 29.8 Å². The molecule has 1 fully saturated rings. The van der Waals surface area contributed by atoms with Gasteiger partial charge < -0.3 is 15.4 Å². The van der Waals surface area contributed by atoms with Crippen LogP contribution in [0.25, 0.3) is 0 Å². The molecule has 148 valence electrons. The van der Waals surface area contributed by atoms with Gasteiger partial charge in [-0.2, -0.15) is 13.2 Å². The molecule has 0 unspecified atom stereocenters. The Bertz CT molecular complexity index is 710. The van der Waals surface area contributed by atoms with Gasteiger partial charge in [-0.3, -0.25) is 14.6 Å². The lowest BCUT2D eigenvalue weighted by atomic mass is 10.2. The van der Waals surface area contributed by atoms with Gasteiger partial charge in [0.1, 0.15) is 5.25 Å². The van der Waals surface area contributed by atoms with Gasteiger partial charge in [-0.05, 0) is 31.5 Å². The zero-order valence-corrected chi connectivity index (χ0v) is 15.5. The van der Waals surface area contributed by atoms with Crippen molar-refractivity contribution >= 4 is 34.4 Å². The van der Waals surface area contributed by atoms with Crippen LogP contribution in [0.3, 0.4) is 0 Å². The number of nitrogens with zero attached hydrogens (tertiary/aromatic N) is 1. The summed E-state index contributed by atoms with van der Waals surface area (Å²) >= 11 is 1.14. The molecule has 0 saturated carbocycles. The summed E-state index contributed by atoms with van der Waals surface area (Å²) < 4.78 is 43.3. The highest BCUT2D eigenvalue weighted by Gasteiger charge is 2.33. The number of hydrogen-bond donors (Lipinski definition) is 2. The van der Waals surface area contributed by atoms with Crippen LogP contribution < -0.4 is 10.6 Å². The number of benzene rings is 1. The number of halogens is 3. The molecule has 1 aliphatic heterocycles. The Morgan fingerprint density at radius 2 is 2.19 bits per heavy atom. The van der Waals surface area contributed by atoms with Crippen LogP contribution in [0.2, 0.25) is 0 Å². The number of carbonyl (C=O) groups excluding carboxylic acids is 2. The van der Waals surface area contributed by atoms with E-state index >= 15 is 0 Å². The average molecular weight is 403 g/mol. The molecule has 2 N–H and O–H groups in total. The van der Waals surface area contributed by atoms with E-state index in [0.29, 0.717) is 31.3 Å². The van der Waals surface area contributed by atoms with Crippen LogP contribution in [-0.2, 0) is 20.5 Å². The number of aliphatic imine (C=N–C) groups is 1. The molecule has 2 rings (SSSR count). The van der Waals surface area contributed by atoms with Crippen LogP contribution in [-0.4, -0.2) is 42.0 Å². The Morgan fingerprint density at radius 1 is 1.41 bits per heavy atom. The fourth-order valence-corrected chi connectivity index (χ4v) is 3.26. The molecular weight excluding hydrogens is 383 g/mol. The summed E-state index contributed by atoms with van der Waals surface area (Å²) in [5.74, 6) is -0.887. The molecular formula is C17H20F3N3O3S. The van der Waals surface area contributed by atoms with E-state index in [0.717, 1.165) is 23.9 Å². The topological polar surface area (TPSA) is 79.8 Å². The molecule has 1 atom stereocenters. The summed E-state index contributed by atoms with van der Waals surface area (Å²) in [6.45, 7) is 3.60. The molecule has 1 saturated heterocycles. The first-order chi connectivity index (χ1) is 12.8. The van der Waals surface area contributed by atoms with E-state index < -0.39 is 22.9 Å². The highest BCUT2D eigenvalue weighted by Crippen LogP contribution is 2.31. The second-order valence-electron chi connectivity index (χ2n) is 5.66. The Balaban J connectivity index is 1.85. The van der Waals surface area contributed by atoms with Gasteiger partial charge in [-0.25, -0.2) is 0 Å². The first-order valence-corrected chi connectivity index (χ1v) is 9.24. The second kappa shape index (κ2) is 9.75. The Hall–Kier alpha value is -2.07. The molecule has 0 spiro atoms. The minimum Gasteiger partial charge on any atom is -0.382 e. The van der Waals surface area contributed by atoms with Crippen LogP contribution in [0.5, 0.6) is 0 Å². The van der Waals surface area contributed by atoms with Gasteiger partial charge in [0.2, 0.25) is 11.8 Å². The lowest BCUT2D eigenvalue weighted by molar-refractivity contribution is -0.137. The van der Waals surface area contributed by atoms with Crippen molar-refractivity contribution in [1.29, 1.82) is 0 Å². The van der Waals surface area contributed by atoms with Gasteiger partial charge in [-0.1, -0.05) is 17.8 Å². The molecule has 0 radical (unpaired) electrons. The van der Waals surface area contributed by atoms with Gasteiger partial charge in [0.15, 0.2) is 5.17 Å². The highest BCUT2D eigenvalue weighted by molar-refractivity contribution is 8.15. The van der Waals surface area contributed by atoms with Crippen molar-refractivity contribution in [2.24, 2.45) is 4.99 Å². The van der Waals surface area contributed by atoms with Gasteiger partial charge in [0.25, 0.3) is 0 Å². The molecule has 1 aliphatic rings. The third-order valence-corrected chi connectivity index (χ3v) is 4.65. The van der Waals surface area contributed by atoms with E-state index in [4.69, 9.17) is 4.74 Å². The van der Waals surface area contributed by atoms with E-state index in [1.807, 2.05) is 6.92 Å². The molecule has 1 heterocycles. The molecule has 0 aromatic heterocycles. The Kier molecular flexibility index (Phi) is 7.66. The highest BCUT2D eigenvalue weighted by atomic mass is 32.2. The molecule has 0 bridgehead atoms. The summed E-state index contributed by atoms with van der Waals surface area (Å²) in [5, 5.41) is 4.76. The molecule has 6 nitrogen and oxygen atoms in total. The van der Waals surface area contributed by atoms with Crippen molar-refractivity contribution < 1.29 is 27.5 Å². The number of amidine groups is 1. The molecule has 10 heteroatoms. The number of alkyl halides is 3. The van der Waals surface area contributed by atoms with E-state index in [1.165, 1.54) is 12.1 Å². The monoisotopic (exact) mass is 403 g/mol. The van der Waals surface area contributed by atoms with Crippen LogP contribution in [0.4, 0.5) is 18.9 Å². The minimum absolute atomic E-state index is 0.0306. The molecule has 1 aromatic carbocycles. The summed E-state index contributed by atoms with van der Waals surface area (Å²) in [4.78, 5) is 28.2. The van der Waals surface area contributed by atoms with Gasteiger partial charge in [0, 0.05) is 31.9 Å². The van der Waals surface area contributed by atoms with E-state index in [1.54, 1.807) is 0 Å². The van der Waals surface area contributed by atoms with Crippen molar-refractivity contribution in [2.75, 3.05) is 25.1 Å². The Labute approximate surface area is 158 Å². The van der Waals surface area contributed by atoms with Gasteiger partial charge in [0.05, 0.1) is 5.56 Å². The maximum Gasteiger partial charge on any atom is 0.416 e. The number of rotatable bonds is 8. The smallest absolute Gasteiger partial charge is 0.382 e. The quantitative estimate of drug-likeness (QED) is 0.654. The fourth-order valence-electron chi connectivity index (χ4n) is 2.26. The van der Waals surface area contributed by atoms with Crippen molar-refractivity contribution in [1.82, 2.24) is 5.32 Å². The average Bonchev–Trinajstić information content (AvgIpc) is 2.93. The van der Waals surface area contributed by atoms with E-state index in [-0.39, 0.29) is 18.0 Å². The molecule has 0 aliphatic carbocycles. The van der Waals surface area contributed by atoms with Crippen LogP contribution in [0, 0.1) is 0 Å². The largest absolute Gasteiger partial charge is 0.416 e. The summed E-state index contributed by atoms with van der Waals surface area (Å²) in [6.07, 6.45) is -3.94. The van der Waals surface area contributed by atoms with E-state index in [2.05, 4.69) is 15.6 Å². The zero-order valence-electron chi connectivity index (χ0n) is 14.6. The number of amides is 2. The van der Waals surface area contributed by atoms with Gasteiger partial charge in [-0.15, -0.1) is 0 Å². The summed E-state index contributed by atoms with van der Waals surface area (Å²) in [7, 11) is 0. The van der Waals surface area contributed by atoms with Crippen molar-refractivity contribution in [2.45, 2.75) is 31.2 Å². The van der Waals surface area contributed by atoms with E-state index in [9.17, 15) is 22.8 Å². The molecule has 2 amide bonds.